The molecule has 0 heteroatoms. The van der Waals surface area contributed by atoms with E-state index in [1.54, 1.807) is 11.1 Å². The Morgan fingerprint density at radius 3 is 2.20 bits per heavy atom. The van der Waals surface area contributed by atoms with Crippen LogP contribution in [0.15, 0.2) is 47.6 Å². The van der Waals surface area contributed by atoms with Gasteiger partial charge in [-0.25, -0.2) is 0 Å². The molecular weight excluding hydrogens is 180 g/mol. The molecule has 15 heavy (non-hydrogen) atoms. The predicted molar refractivity (Wildman–Crippen MR) is 64.4 cm³/mol. The first kappa shape index (κ1) is 8.96. The number of rotatable bonds is 1. The molecule has 1 aromatic rings. The fourth-order valence-electron chi connectivity index (χ4n) is 3.19. The van der Waals surface area contributed by atoms with Gasteiger partial charge in [-0.15, -0.1) is 0 Å². The third-order valence-corrected chi connectivity index (χ3v) is 3.82. The minimum atomic E-state index is 0.338. The minimum absolute atomic E-state index is 0.338. The smallest absolute Gasteiger partial charge is 0.0123 e. The van der Waals surface area contributed by atoms with Gasteiger partial charge in [0.15, 0.2) is 0 Å². The van der Waals surface area contributed by atoms with Gasteiger partial charge in [0.1, 0.15) is 0 Å². The van der Waals surface area contributed by atoms with E-state index in [0.29, 0.717) is 11.3 Å². The average Bonchev–Trinajstić information content (AvgIpc) is 2.69. The van der Waals surface area contributed by atoms with Crippen LogP contribution in [0.25, 0.3) is 5.57 Å². The molecule has 1 atom stereocenters. The lowest BCUT2D eigenvalue weighted by atomic mass is 9.63. The molecule has 0 aromatic heterocycles. The maximum absolute atomic E-state index is 2.43. The van der Waals surface area contributed by atoms with E-state index in [1.807, 2.05) is 0 Å². The summed E-state index contributed by atoms with van der Waals surface area (Å²) in [6, 6.07) is 10.8. The first-order valence-corrected chi connectivity index (χ1v) is 5.65. The maximum Gasteiger partial charge on any atom is 0.0123 e. The molecule has 1 unspecified atom stereocenters. The molecule has 1 aromatic carbocycles. The van der Waals surface area contributed by atoms with Gasteiger partial charge in [-0.2, -0.15) is 0 Å². The maximum atomic E-state index is 2.43. The van der Waals surface area contributed by atoms with Crippen molar-refractivity contribution >= 4 is 5.57 Å². The van der Waals surface area contributed by atoms with Crippen molar-refractivity contribution < 1.29 is 0 Å². The molecule has 0 nitrogen and oxygen atoms in total. The Morgan fingerprint density at radius 2 is 1.73 bits per heavy atom. The first-order chi connectivity index (χ1) is 7.12. The molecule has 4 rings (SSSR count). The summed E-state index contributed by atoms with van der Waals surface area (Å²) in [6.07, 6.45) is 2.43. The van der Waals surface area contributed by atoms with E-state index in [9.17, 15) is 0 Å². The molecule has 0 spiro atoms. The molecule has 0 amide bonds. The predicted octanol–water partition coefficient (Wildman–Crippen LogP) is 4.06. The summed E-state index contributed by atoms with van der Waals surface area (Å²) in [5, 5.41) is 0. The Bertz CT molecular complexity index is 472. The van der Waals surface area contributed by atoms with Gasteiger partial charge >= 0.3 is 0 Å². The normalized spacial score (nSPS) is 26.3. The topological polar surface area (TPSA) is 0 Å². The number of allylic oxidation sites excluding steroid dienone is 4. The Kier molecular flexibility index (Phi) is 1.57. The summed E-state index contributed by atoms with van der Waals surface area (Å²) in [4.78, 5) is 0. The third kappa shape index (κ3) is 0.971. The molecule has 0 heterocycles. The number of benzene rings is 1. The molecule has 3 aliphatic carbocycles. The standard InChI is InChI=1S/C15H16/c1-10-9-12-13(14(10)15(12,2)3)11-7-5-4-6-8-11/h4-10H,1-3H3. The van der Waals surface area contributed by atoms with E-state index in [0.717, 1.165) is 0 Å². The van der Waals surface area contributed by atoms with Crippen LogP contribution in [-0.4, -0.2) is 0 Å². The van der Waals surface area contributed by atoms with E-state index in [1.165, 1.54) is 11.1 Å². The summed E-state index contributed by atoms with van der Waals surface area (Å²) in [5.41, 5.74) is 6.43. The quantitative estimate of drug-likeness (QED) is 0.635. The first-order valence-electron chi connectivity index (χ1n) is 5.65. The second kappa shape index (κ2) is 2.63. The second-order valence-corrected chi connectivity index (χ2v) is 5.15. The highest BCUT2D eigenvalue weighted by Crippen LogP contribution is 2.63. The molecule has 0 saturated carbocycles. The lowest BCUT2D eigenvalue weighted by Crippen LogP contribution is -2.26. The molecule has 0 fully saturated rings. The molecule has 76 valence electrons. The monoisotopic (exact) mass is 196 g/mol. The van der Waals surface area contributed by atoms with Gasteiger partial charge in [-0.3, -0.25) is 0 Å². The molecule has 0 aliphatic heterocycles. The highest BCUT2D eigenvalue weighted by atomic mass is 14.5. The Hall–Kier alpha value is -1.30. The van der Waals surface area contributed by atoms with Crippen LogP contribution < -0.4 is 0 Å². The number of hydrogen-bond acceptors (Lipinski definition) is 0. The van der Waals surface area contributed by atoms with Crippen LogP contribution >= 0.6 is 0 Å². The van der Waals surface area contributed by atoms with Gasteiger partial charge in [0.25, 0.3) is 0 Å². The van der Waals surface area contributed by atoms with Crippen LogP contribution in [0.3, 0.4) is 0 Å². The van der Waals surface area contributed by atoms with Crippen molar-refractivity contribution in [3.63, 3.8) is 0 Å². The van der Waals surface area contributed by atoms with Gasteiger partial charge in [-0.05, 0) is 28.2 Å². The molecule has 0 N–H and O–H groups in total. The van der Waals surface area contributed by atoms with Crippen LogP contribution in [0.5, 0.6) is 0 Å². The Balaban J connectivity index is 2.16. The largest absolute Gasteiger partial charge is 0.0728 e. The summed E-state index contributed by atoms with van der Waals surface area (Å²) in [5.74, 6) is 0.644. The fourth-order valence-corrected chi connectivity index (χ4v) is 3.19. The summed E-state index contributed by atoms with van der Waals surface area (Å²) >= 11 is 0. The van der Waals surface area contributed by atoms with Gasteiger partial charge in [-0.1, -0.05) is 57.2 Å². The van der Waals surface area contributed by atoms with Crippen molar-refractivity contribution in [2.75, 3.05) is 0 Å². The highest BCUT2D eigenvalue weighted by Gasteiger charge is 2.48. The molecular formula is C15H16. The zero-order valence-electron chi connectivity index (χ0n) is 9.54. The van der Waals surface area contributed by atoms with E-state index < -0.39 is 0 Å². The van der Waals surface area contributed by atoms with E-state index >= 15 is 0 Å². The molecule has 2 bridgehead atoms. The van der Waals surface area contributed by atoms with Gasteiger partial charge in [0, 0.05) is 5.41 Å². The third-order valence-electron chi connectivity index (χ3n) is 3.82. The minimum Gasteiger partial charge on any atom is -0.0728 e. The SMILES string of the molecule is CC1C=C2C(c3ccccc3)=C1C2(C)C. The van der Waals surface area contributed by atoms with Crippen molar-refractivity contribution in [3.8, 4) is 0 Å². The van der Waals surface area contributed by atoms with Crippen molar-refractivity contribution in [2.45, 2.75) is 20.8 Å². The van der Waals surface area contributed by atoms with Crippen LogP contribution in [0.2, 0.25) is 0 Å². The van der Waals surface area contributed by atoms with Crippen molar-refractivity contribution in [3.05, 3.63) is 53.1 Å². The van der Waals surface area contributed by atoms with E-state index in [4.69, 9.17) is 0 Å². The summed E-state index contributed by atoms with van der Waals surface area (Å²) in [7, 11) is 0. The molecule has 3 aliphatic rings. The second-order valence-electron chi connectivity index (χ2n) is 5.15. The van der Waals surface area contributed by atoms with E-state index in [2.05, 4.69) is 57.2 Å². The average molecular weight is 196 g/mol. The highest BCUT2D eigenvalue weighted by molar-refractivity contribution is 5.95. The van der Waals surface area contributed by atoms with Crippen LogP contribution in [0, 0.1) is 11.3 Å². The fraction of sp³-hybridized carbons (Fsp3) is 0.333. The lowest BCUT2D eigenvalue weighted by Gasteiger charge is -2.40. The van der Waals surface area contributed by atoms with Crippen LogP contribution in [0.1, 0.15) is 26.3 Å². The summed E-state index contributed by atoms with van der Waals surface area (Å²) in [6.45, 7) is 6.98. The van der Waals surface area contributed by atoms with Crippen LogP contribution in [-0.2, 0) is 0 Å². The van der Waals surface area contributed by atoms with E-state index in [-0.39, 0.29) is 0 Å². The zero-order chi connectivity index (χ0) is 10.6. The number of hydrogen-bond donors (Lipinski definition) is 0. The lowest BCUT2D eigenvalue weighted by molar-refractivity contribution is 0.514. The van der Waals surface area contributed by atoms with Crippen molar-refractivity contribution in [1.29, 1.82) is 0 Å². The Labute approximate surface area is 91.3 Å². The summed E-state index contributed by atoms with van der Waals surface area (Å²) < 4.78 is 0. The van der Waals surface area contributed by atoms with Gasteiger partial charge < -0.3 is 0 Å². The van der Waals surface area contributed by atoms with Crippen LogP contribution in [0.4, 0.5) is 0 Å². The molecule has 0 radical (unpaired) electrons. The molecule has 0 saturated heterocycles. The van der Waals surface area contributed by atoms with Crippen molar-refractivity contribution in [2.24, 2.45) is 11.3 Å². The number of fused-ring (bicyclic) bond motifs is 1. The van der Waals surface area contributed by atoms with Crippen molar-refractivity contribution in [1.82, 2.24) is 0 Å². The zero-order valence-corrected chi connectivity index (χ0v) is 9.54. The Morgan fingerprint density at radius 1 is 1.07 bits per heavy atom. The van der Waals surface area contributed by atoms with Gasteiger partial charge in [0.05, 0.1) is 0 Å². The van der Waals surface area contributed by atoms with Gasteiger partial charge in [0.2, 0.25) is 0 Å².